The summed E-state index contributed by atoms with van der Waals surface area (Å²) in [4.78, 5) is 4.70. The zero-order valence-corrected chi connectivity index (χ0v) is 60.7. The third kappa shape index (κ3) is 11.0. The Bertz CT molecular complexity index is 7270. The number of fused-ring (bicyclic) bond motifs is 10. The molecule has 0 spiro atoms. The fourth-order valence-electron chi connectivity index (χ4n) is 17.0. The van der Waals surface area contributed by atoms with Gasteiger partial charge in [-0.05, 0) is 191 Å². The lowest BCUT2D eigenvalue weighted by atomic mass is 9.33. The van der Waals surface area contributed by atoms with E-state index >= 15 is 0 Å². The highest BCUT2D eigenvalue weighted by molar-refractivity contribution is 7.00. The molecule has 522 valence electrons. The van der Waals surface area contributed by atoms with Crippen LogP contribution in [-0.2, 0) is 5.41 Å². The van der Waals surface area contributed by atoms with Crippen molar-refractivity contribution < 1.29 is 21.9 Å². The lowest BCUT2D eigenvalue weighted by molar-refractivity contribution is 0.590. The van der Waals surface area contributed by atoms with E-state index in [1.807, 2.05) is 146 Å². The Hall–Kier alpha value is -14.0. The smallest absolute Gasteiger partial charge is 0.252 e. The minimum Gasteiger partial charge on any atom is -0.310 e. The van der Waals surface area contributed by atoms with E-state index in [9.17, 15) is 21.9 Å². The first kappa shape index (κ1) is 50.5. The second-order valence-electron chi connectivity index (χ2n) is 29.5. The summed E-state index contributed by atoms with van der Waals surface area (Å²) in [7, 11) is 0. The van der Waals surface area contributed by atoms with Gasteiger partial charge < -0.3 is 18.9 Å². The van der Waals surface area contributed by atoms with Crippen molar-refractivity contribution in [1.29, 1.82) is 0 Å². The number of benzene rings is 17. The molecule has 0 bridgehead atoms. The number of para-hydroxylation sites is 4. The summed E-state index contributed by atoms with van der Waals surface area (Å²) in [5.74, 6) is 0. The zero-order valence-electron chi connectivity index (χ0n) is 76.7. The van der Waals surface area contributed by atoms with E-state index in [2.05, 4.69) is 188 Å². The molecular weight excluding hydrogens is 1340 g/mol. The van der Waals surface area contributed by atoms with Crippen LogP contribution in [0.5, 0.6) is 0 Å². The van der Waals surface area contributed by atoms with E-state index in [4.69, 9.17) is 0 Å². The highest BCUT2D eigenvalue weighted by atomic mass is 15.2. The molecule has 17 aromatic carbocycles. The first-order chi connectivity index (χ1) is 61.4. The standard InChI is InChI=1S/C106H75BN4/c1-106(2,3)82-66-101-103-102(67-82)111(105-90(75-42-20-9-21-43-75)63-81(73-38-16-7-17-39-73)65-92(105)79-47-31-45-77(61-79)71-34-12-5-13-35-71)100-69-84(109-97-54-28-24-50-87(97)88-51-25-29-55-98(88)109)57-59-94(100)107(103)93-58-56-83(108-95-52-26-22-48-85(95)86-49-23-27-53-96(86)108)68-99(93)110(101)104-89(74-40-18-8-19-41-74)62-80(72-36-14-6-15-37-72)64-91(104)78-46-30-44-76(60-78)70-32-10-4-11-33-70/h4-69H,1-3H3/i22D,23D,24D,25D,26D,27D,28D,29D,48D,49D,50D,51D,52D,53D,54D,55D. The number of nitrogens with zero attached hydrogens (tertiary/aromatic N) is 4. The van der Waals surface area contributed by atoms with Gasteiger partial charge in [-0.3, -0.25) is 0 Å². The molecular formula is C106H75BN4. The second kappa shape index (κ2) is 26.4. The average molecular weight is 1430 g/mol. The van der Waals surface area contributed by atoms with Gasteiger partial charge in [0.15, 0.2) is 0 Å². The molecule has 2 aromatic heterocycles. The van der Waals surface area contributed by atoms with Crippen molar-refractivity contribution in [3.05, 3.63) is 406 Å². The second-order valence-corrected chi connectivity index (χ2v) is 29.5. The first-order valence-corrected chi connectivity index (χ1v) is 37.3. The molecule has 0 amide bonds. The van der Waals surface area contributed by atoms with Crippen LogP contribution in [0, 0.1) is 0 Å². The normalized spacial score (nSPS) is 14.4. The van der Waals surface area contributed by atoms with Crippen LogP contribution >= 0.6 is 0 Å². The molecule has 21 rings (SSSR count). The van der Waals surface area contributed by atoms with Crippen molar-refractivity contribution in [2.75, 3.05) is 9.80 Å². The molecule has 0 saturated carbocycles. The van der Waals surface area contributed by atoms with Gasteiger partial charge in [0.2, 0.25) is 0 Å². The average Bonchev–Trinajstić information content (AvgIpc) is 1.16. The van der Waals surface area contributed by atoms with Gasteiger partial charge in [0.25, 0.3) is 6.71 Å². The van der Waals surface area contributed by atoms with Crippen LogP contribution in [0.4, 0.5) is 34.1 Å². The van der Waals surface area contributed by atoms with Crippen molar-refractivity contribution in [2.24, 2.45) is 0 Å². The highest BCUT2D eigenvalue weighted by Gasteiger charge is 2.46. The molecule has 0 saturated heterocycles. The highest BCUT2D eigenvalue weighted by Crippen LogP contribution is 2.56. The van der Waals surface area contributed by atoms with E-state index in [0.717, 1.165) is 123 Å². The maximum Gasteiger partial charge on any atom is 0.252 e. The van der Waals surface area contributed by atoms with Crippen molar-refractivity contribution in [3.63, 3.8) is 0 Å². The molecule has 2 aliphatic rings. The van der Waals surface area contributed by atoms with Crippen LogP contribution in [0.1, 0.15) is 48.3 Å². The molecule has 4 nitrogen and oxygen atoms in total. The van der Waals surface area contributed by atoms with Crippen LogP contribution in [0.2, 0.25) is 0 Å². The third-order valence-electron chi connectivity index (χ3n) is 22.1. The molecule has 19 aromatic rings. The van der Waals surface area contributed by atoms with E-state index in [0.29, 0.717) is 33.7 Å². The number of anilines is 6. The van der Waals surface area contributed by atoms with E-state index in [1.165, 1.54) is 0 Å². The van der Waals surface area contributed by atoms with E-state index in [1.54, 1.807) is 9.13 Å². The van der Waals surface area contributed by atoms with Crippen LogP contribution in [0.25, 0.3) is 144 Å². The lowest BCUT2D eigenvalue weighted by Gasteiger charge is -2.46. The van der Waals surface area contributed by atoms with Gasteiger partial charge in [-0.2, -0.15) is 0 Å². The molecule has 2 aliphatic heterocycles. The van der Waals surface area contributed by atoms with Crippen molar-refractivity contribution in [1.82, 2.24) is 9.13 Å². The molecule has 111 heavy (non-hydrogen) atoms. The van der Waals surface area contributed by atoms with Gasteiger partial charge in [0.05, 0.1) is 55.4 Å². The summed E-state index contributed by atoms with van der Waals surface area (Å²) in [5.41, 5.74) is 21.1. The van der Waals surface area contributed by atoms with Gasteiger partial charge >= 0.3 is 0 Å². The van der Waals surface area contributed by atoms with Crippen LogP contribution in [0.3, 0.4) is 0 Å². The summed E-state index contributed by atoms with van der Waals surface area (Å²) >= 11 is 0. The topological polar surface area (TPSA) is 16.3 Å². The lowest BCUT2D eigenvalue weighted by Crippen LogP contribution is -2.61. The first-order valence-electron chi connectivity index (χ1n) is 45.3. The maximum atomic E-state index is 9.99. The summed E-state index contributed by atoms with van der Waals surface area (Å²) < 4.78 is 156. The summed E-state index contributed by atoms with van der Waals surface area (Å²) in [6.07, 6.45) is 0. The van der Waals surface area contributed by atoms with Crippen LogP contribution in [-0.4, -0.2) is 15.8 Å². The van der Waals surface area contributed by atoms with Crippen molar-refractivity contribution in [2.45, 2.75) is 26.2 Å². The fourth-order valence-corrected chi connectivity index (χ4v) is 17.0. The Morgan fingerprint density at radius 2 is 0.541 bits per heavy atom. The molecule has 0 aliphatic carbocycles. The van der Waals surface area contributed by atoms with Gasteiger partial charge in [-0.1, -0.05) is 324 Å². The molecule has 0 N–H and O–H groups in total. The van der Waals surface area contributed by atoms with E-state index < -0.39 is 109 Å². The predicted molar refractivity (Wildman–Crippen MR) is 471 cm³/mol. The Morgan fingerprint density at radius 3 is 0.874 bits per heavy atom. The Morgan fingerprint density at radius 1 is 0.252 bits per heavy atom. The molecule has 5 heteroatoms. The Labute approximate surface area is 670 Å². The molecule has 0 unspecified atom stereocenters. The van der Waals surface area contributed by atoms with Gasteiger partial charge in [0.1, 0.15) is 0 Å². The molecule has 0 atom stereocenters. The maximum absolute atomic E-state index is 9.99. The quantitative estimate of drug-likeness (QED) is 0.113. The van der Waals surface area contributed by atoms with Crippen molar-refractivity contribution in [3.8, 4) is 100 Å². The van der Waals surface area contributed by atoms with Gasteiger partial charge in [0, 0.05) is 77.9 Å². The van der Waals surface area contributed by atoms with Crippen LogP contribution < -0.4 is 26.2 Å². The summed E-state index contributed by atoms with van der Waals surface area (Å²) in [5, 5.41) is -0.333. The number of rotatable bonds is 12. The van der Waals surface area contributed by atoms with Gasteiger partial charge in [-0.15, -0.1) is 0 Å². The van der Waals surface area contributed by atoms with Gasteiger partial charge in [-0.25, -0.2) is 0 Å². The summed E-state index contributed by atoms with van der Waals surface area (Å²) in [6.45, 7) is 5.74. The Kier molecular flexibility index (Phi) is 12.0. The predicted octanol–water partition coefficient (Wildman–Crippen LogP) is 26.6. The minimum atomic E-state index is -0.817. The Balaban J connectivity index is 0.983. The molecule has 0 fully saturated rings. The third-order valence-corrected chi connectivity index (χ3v) is 22.1. The number of hydrogen-bond donors (Lipinski definition) is 0. The number of hydrogen-bond acceptors (Lipinski definition) is 2. The van der Waals surface area contributed by atoms with E-state index in [-0.39, 0.29) is 43.6 Å². The van der Waals surface area contributed by atoms with Crippen molar-refractivity contribution >= 4 is 101 Å². The zero-order chi connectivity index (χ0) is 87.8. The number of aromatic nitrogens is 2. The SMILES string of the molecule is [2H]c1c([2H])c([2H])c2c(c1[2H])c1c([2H])c([2H])c([2H])c([2H])c1n2-c1ccc2c(c1)N(c1c(-c3ccccc3)cc(-c3ccccc3)cc1-c1cccc(-c3ccccc3)c1)c1cc(C(C)(C)C)cc3c1B2c1ccc(-n2c4c([2H])c([2H])c([2H])c([2H])c4c4c([2H])c([2H])c([2H])c([2H])c42)cc1N3c1c(-c2ccccc2)cc(-c2ccccc2)cc1-c1cccc(-c2ccccc2)c1. The van der Waals surface area contributed by atoms with Crippen LogP contribution in [0.15, 0.2) is 400 Å². The largest absolute Gasteiger partial charge is 0.310 e. The minimum absolute atomic E-state index is 0.0628. The fraction of sp³-hybridized carbons (Fsp3) is 0.0377. The molecule has 0 radical (unpaired) electrons. The monoisotopic (exact) mass is 1430 g/mol. The molecule has 4 heterocycles. The summed E-state index contributed by atoms with van der Waals surface area (Å²) in [6, 6.07) is 95.8.